The van der Waals surface area contributed by atoms with Gasteiger partial charge in [-0.1, -0.05) is 6.42 Å². The predicted octanol–water partition coefficient (Wildman–Crippen LogP) is 4.23. The van der Waals surface area contributed by atoms with Crippen molar-refractivity contribution in [3.63, 3.8) is 0 Å². The summed E-state index contributed by atoms with van der Waals surface area (Å²) in [5.41, 5.74) is -3.61. The van der Waals surface area contributed by atoms with Gasteiger partial charge in [-0.15, -0.1) is 0 Å². The summed E-state index contributed by atoms with van der Waals surface area (Å²) in [5, 5.41) is 7.77. The van der Waals surface area contributed by atoms with E-state index >= 15 is 0 Å². The maximum Gasteiger partial charge on any atom is 0.416 e. The Bertz CT molecular complexity index is 812. The number of nitrogens with one attached hydrogen (secondary N) is 3. The van der Waals surface area contributed by atoms with E-state index in [1.165, 1.54) is 0 Å². The standard InChI is InChI=1S/C21H26F6N4O2/c22-20(23,24)14-9-15(21(25,26)27)11-16(10-14)30-19(33)29-12-13-4-7-31(8-5-13)18(32)17-3-1-2-6-28-17/h9-11,13,17,28H,1-8,12H2,(H2,29,30,33). The lowest BCUT2D eigenvalue weighted by Crippen LogP contribution is -2.51. The van der Waals surface area contributed by atoms with Crippen molar-refractivity contribution in [3.05, 3.63) is 29.3 Å². The zero-order valence-electron chi connectivity index (χ0n) is 17.8. The fourth-order valence-electron chi connectivity index (χ4n) is 4.08. The first-order chi connectivity index (χ1) is 15.4. The Morgan fingerprint density at radius 2 is 1.55 bits per heavy atom. The molecule has 0 saturated carbocycles. The van der Waals surface area contributed by atoms with Gasteiger partial charge in [0, 0.05) is 25.3 Å². The predicted molar refractivity (Wildman–Crippen MR) is 108 cm³/mol. The topological polar surface area (TPSA) is 73.5 Å². The number of hydrogen-bond acceptors (Lipinski definition) is 3. The molecule has 2 saturated heterocycles. The highest BCUT2D eigenvalue weighted by Crippen LogP contribution is 2.37. The van der Waals surface area contributed by atoms with Crippen molar-refractivity contribution in [3.8, 4) is 0 Å². The smallest absolute Gasteiger partial charge is 0.341 e. The van der Waals surface area contributed by atoms with Gasteiger partial charge < -0.3 is 20.9 Å². The summed E-state index contributed by atoms with van der Waals surface area (Å²) >= 11 is 0. The van der Waals surface area contributed by atoms with Gasteiger partial charge in [0.25, 0.3) is 0 Å². The molecular formula is C21H26F6N4O2. The highest BCUT2D eigenvalue weighted by molar-refractivity contribution is 5.89. The van der Waals surface area contributed by atoms with E-state index in [-0.39, 0.29) is 30.5 Å². The van der Waals surface area contributed by atoms with Crippen LogP contribution in [0.1, 0.15) is 43.2 Å². The van der Waals surface area contributed by atoms with Crippen molar-refractivity contribution < 1.29 is 35.9 Å². The Morgan fingerprint density at radius 1 is 0.939 bits per heavy atom. The van der Waals surface area contributed by atoms with Crippen LogP contribution in [-0.4, -0.2) is 49.1 Å². The van der Waals surface area contributed by atoms with Crippen LogP contribution in [0.15, 0.2) is 18.2 Å². The summed E-state index contributed by atoms with van der Waals surface area (Å²) in [6, 6.07) is -0.141. The summed E-state index contributed by atoms with van der Waals surface area (Å²) in [4.78, 5) is 26.4. The molecule has 0 aliphatic carbocycles. The molecule has 0 spiro atoms. The number of hydrogen-bond donors (Lipinski definition) is 3. The van der Waals surface area contributed by atoms with Crippen LogP contribution < -0.4 is 16.0 Å². The third kappa shape index (κ3) is 6.99. The number of amides is 3. The molecule has 2 fully saturated rings. The second-order valence-corrected chi connectivity index (χ2v) is 8.40. The molecule has 0 bridgehead atoms. The van der Waals surface area contributed by atoms with E-state index in [0.717, 1.165) is 25.8 Å². The highest BCUT2D eigenvalue weighted by Gasteiger charge is 2.37. The minimum absolute atomic E-state index is 0.000988. The van der Waals surface area contributed by atoms with Crippen molar-refractivity contribution in [2.75, 3.05) is 31.5 Å². The van der Waals surface area contributed by atoms with E-state index in [0.29, 0.717) is 38.1 Å². The minimum Gasteiger partial charge on any atom is -0.341 e. The largest absolute Gasteiger partial charge is 0.416 e. The number of halogens is 6. The first kappa shape index (κ1) is 25.1. The molecule has 2 aliphatic heterocycles. The number of piperidine rings is 2. The molecule has 1 aromatic rings. The van der Waals surface area contributed by atoms with Gasteiger partial charge in [0.1, 0.15) is 0 Å². The summed E-state index contributed by atoms with van der Waals surface area (Å²) in [6.45, 7) is 2.09. The number of urea groups is 1. The number of likely N-dealkylation sites (tertiary alicyclic amines) is 1. The molecule has 12 heteroatoms. The maximum absolute atomic E-state index is 12.9. The molecule has 2 heterocycles. The summed E-state index contributed by atoms with van der Waals surface area (Å²) in [7, 11) is 0. The Balaban J connectivity index is 1.50. The number of alkyl halides is 6. The molecule has 2 aliphatic rings. The number of benzene rings is 1. The molecule has 1 atom stereocenters. The number of anilines is 1. The molecule has 6 nitrogen and oxygen atoms in total. The highest BCUT2D eigenvalue weighted by atomic mass is 19.4. The van der Waals surface area contributed by atoms with Gasteiger partial charge in [-0.2, -0.15) is 26.3 Å². The molecule has 3 N–H and O–H groups in total. The van der Waals surface area contributed by atoms with Crippen molar-refractivity contribution >= 4 is 17.6 Å². The second kappa shape index (κ2) is 10.2. The lowest BCUT2D eigenvalue weighted by molar-refractivity contribution is -0.143. The minimum atomic E-state index is -4.99. The van der Waals surface area contributed by atoms with Crippen LogP contribution in [0.3, 0.4) is 0 Å². The number of carbonyl (C=O) groups is 2. The van der Waals surface area contributed by atoms with Crippen molar-refractivity contribution in [2.45, 2.75) is 50.5 Å². The molecule has 184 valence electrons. The van der Waals surface area contributed by atoms with Gasteiger partial charge in [0.2, 0.25) is 5.91 Å². The Labute approximate surface area is 187 Å². The number of nitrogens with zero attached hydrogens (tertiary/aromatic N) is 1. The SMILES string of the molecule is O=C(NCC1CCN(C(=O)C2CCCCN2)CC1)Nc1cc(C(F)(F)F)cc(C(F)(F)F)c1. The van der Waals surface area contributed by atoms with E-state index in [9.17, 15) is 35.9 Å². The van der Waals surface area contributed by atoms with E-state index in [1.807, 2.05) is 0 Å². The molecule has 3 rings (SSSR count). The average molecular weight is 480 g/mol. The van der Waals surface area contributed by atoms with Crippen molar-refractivity contribution in [1.82, 2.24) is 15.5 Å². The lowest BCUT2D eigenvalue weighted by Gasteiger charge is -2.35. The first-order valence-electron chi connectivity index (χ1n) is 10.8. The fourth-order valence-corrected chi connectivity index (χ4v) is 4.08. The third-order valence-electron chi connectivity index (χ3n) is 5.93. The molecule has 1 unspecified atom stereocenters. The monoisotopic (exact) mass is 480 g/mol. The molecule has 0 aromatic heterocycles. The zero-order chi connectivity index (χ0) is 24.2. The van der Waals surface area contributed by atoms with Gasteiger partial charge in [0.15, 0.2) is 0 Å². The van der Waals surface area contributed by atoms with Gasteiger partial charge in [0.05, 0.1) is 17.2 Å². The van der Waals surface area contributed by atoms with E-state index in [2.05, 4.69) is 16.0 Å². The molecular weight excluding hydrogens is 454 g/mol. The Kier molecular flexibility index (Phi) is 7.76. The van der Waals surface area contributed by atoms with Crippen LogP contribution in [0.25, 0.3) is 0 Å². The van der Waals surface area contributed by atoms with E-state index in [1.54, 1.807) is 4.90 Å². The Morgan fingerprint density at radius 3 is 2.06 bits per heavy atom. The number of carbonyl (C=O) groups excluding carboxylic acids is 2. The zero-order valence-corrected chi connectivity index (χ0v) is 17.8. The third-order valence-corrected chi connectivity index (χ3v) is 5.93. The molecule has 0 radical (unpaired) electrons. The van der Waals surface area contributed by atoms with E-state index in [4.69, 9.17) is 0 Å². The van der Waals surface area contributed by atoms with Crippen molar-refractivity contribution in [1.29, 1.82) is 0 Å². The van der Waals surface area contributed by atoms with Crippen LogP contribution in [0.4, 0.5) is 36.8 Å². The van der Waals surface area contributed by atoms with E-state index < -0.39 is 35.2 Å². The summed E-state index contributed by atoms with van der Waals surface area (Å²) < 4.78 is 77.7. The quantitative estimate of drug-likeness (QED) is 0.565. The number of rotatable bonds is 4. The normalized spacial score (nSPS) is 20.4. The maximum atomic E-state index is 12.9. The van der Waals surface area contributed by atoms with Crippen LogP contribution in [-0.2, 0) is 17.1 Å². The average Bonchev–Trinajstić information content (AvgIpc) is 2.77. The second-order valence-electron chi connectivity index (χ2n) is 8.40. The van der Waals surface area contributed by atoms with Gasteiger partial charge in [-0.05, 0) is 56.3 Å². The first-order valence-corrected chi connectivity index (χ1v) is 10.8. The summed E-state index contributed by atoms with van der Waals surface area (Å²) in [6.07, 6.45) is -5.83. The molecule has 33 heavy (non-hydrogen) atoms. The van der Waals surface area contributed by atoms with Crippen LogP contribution in [0, 0.1) is 5.92 Å². The van der Waals surface area contributed by atoms with Crippen LogP contribution in [0.2, 0.25) is 0 Å². The molecule has 1 aromatic carbocycles. The van der Waals surface area contributed by atoms with Crippen molar-refractivity contribution in [2.24, 2.45) is 5.92 Å². The Hall–Kier alpha value is -2.50. The van der Waals surface area contributed by atoms with Gasteiger partial charge in [-0.3, -0.25) is 4.79 Å². The van der Waals surface area contributed by atoms with Crippen LogP contribution >= 0.6 is 0 Å². The van der Waals surface area contributed by atoms with Gasteiger partial charge >= 0.3 is 18.4 Å². The lowest BCUT2D eigenvalue weighted by atomic mass is 9.95. The fraction of sp³-hybridized carbons (Fsp3) is 0.619. The molecule has 3 amide bonds. The summed E-state index contributed by atoms with van der Waals surface area (Å²) in [5.74, 6) is 0.121. The van der Waals surface area contributed by atoms with Crippen LogP contribution in [0.5, 0.6) is 0 Å². The van der Waals surface area contributed by atoms with Gasteiger partial charge in [-0.25, -0.2) is 4.79 Å².